The van der Waals surface area contributed by atoms with Crippen LogP contribution in [0, 0.1) is 11.3 Å². The molecule has 34 heavy (non-hydrogen) atoms. The third kappa shape index (κ3) is 4.82. The minimum atomic E-state index is -4.41. The Kier molecular flexibility index (Phi) is 6.70. The molecule has 2 nitrogen and oxygen atoms in total. The highest BCUT2D eigenvalue weighted by Crippen LogP contribution is 2.44. The molecular weight excluding hydrogens is 433 g/mol. The van der Waals surface area contributed by atoms with E-state index in [2.05, 4.69) is 11.4 Å². The molecule has 4 aromatic carbocycles. The van der Waals surface area contributed by atoms with Gasteiger partial charge in [0, 0.05) is 23.2 Å². The van der Waals surface area contributed by atoms with Crippen molar-refractivity contribution in [2.24, 2.45) is 0 Å². The van der Waals surface area contributed by atoms with E-state index >= 15 is 0 Å². The lowest BCUT2D eigenvalue weighted by molar-refractivity contribution is -0.137. The molecule has 4 rings (SSSR count). The van der Waals surface area contributed by atoms with Crippen LogP contribution in [0.2, 0.25) is 0 Å². The van der Waals surface area contributed by atoms with Crippen LogP contribution in [-0.4, -0.2) is 0 Å². The van der Waals surface area contributed by atoms with E-state index in [0.29, 0.717) is 12.0 Å². The van der Waals surface area contributed by atoms with Gasteiger partial charge in [-0.05, 0) is 59.5 Å². The highest BCUT2D eigenvalue weighted by Gasteiger charge is 2.37. The van der Waals surface area contributed by atoms with Gasteiger partial charge in [-0.1, -0.05) is 72.8 Å². The lowest BCUT2D eigenvalue weighted by Gasteiger charge is -2.36. The molecule has 5 heteroatoms. The average molecular weight is 457 g/mol. The summed E-state index contributed by atoms with van der Waals surface area (Å²) in [5.41, 5.74) is 2.93. The first-order valence-electron chi connectivity index (χ1n) is 11.0. The molecule has 0 aromatic heterocycles. The summed E-state index contributed by atoms with van der Waals surface area (Å²) in [6.07, 6.45) is -3.73. The molecule has 4 aromatic rings. The Morgan fingerprint density at radius 1 is 0.588 bits per heavy atom. The predicted molar refractivity (Wildman–Crippen MR) is 129 cm³/mol. The number of para-hydroxylation sites is 1. The zero-order chi connectivity index (χ0) is 24.0. The molecule has 0 saturated carbocycles. The van der Waals surface area contributed by atoms with Gasteiger partial charge in [-0.3, -0.25) is 0 Å². The van der Waals surface area contributed by atoms with Crippen LogP contribution in [0.3, 0.4) is 0 Å². The molecule has 0 amide bonds. The van der Waals surface area contributed by atoms with Gasteiger partial charge in [-0.25, -0.2) is 0 Å². The highest BCUT2D eigenvalue weighted by molar-refractivity contribution is 5.61. The van der Waals surface area contributed by atoms with Crippen LogP contribution < -0.4 is 5.32 Å². The summed E-state index contributed by atoms with van der Waals surface area (Å²) in [5.74, 6) is 0. The van der Waals surface area contributed by atoms with Crippen molar-refractivity contribution in [1.82, 2.24) is 0 Å². The molecule has 170 valence electrons. The summed E-state index contributed by atoms with van der Waals surface area (Å²) in [6.45, 7) is 0. The molecule has 0 fully saturated rings. The summed E-state index contributed by atoms with van der Waals surface area (Å²) in [6, 6.07) is 34.8. The number of alkyl halides is 3. The molecular formula is C29H23F3N2. The molecule has 0 spiro atoms. The highest BCUT2D eigenvalue weighted by atomic mass is 19.4. The summed E-state index contributed by atoms with van der Waals surface area (Å²) in [7, 11) is 0. The number of benzene rings is 4. The molecule has 0 radical (unpaired) electrons. The van der Waals surface area contributed by atoms with Crippen LogP contribution in [0.5, 0.6) is 0 Å². The zero-order valence-electron chi connectivity index (χ0n) is 18.4. The van der Waals surface area contributed by atoms with Crippen molar-refractivity contribution in [3.63, 3.8) is 0 Å². The van der Waals surface area contributed by atoms with Crippen molar-refractivity contribution >= 4 is 11.4 Å². The number of halogens is 3. The monoisotopic (exact) mass is 456 g/mol. The van der Waals surface area contributed by atoms with Crippen molar-refractivity contribution in [1.29, 1.82) is 5.26 Å². The Morgan fingerprint density at radius 2 is 1.03 bits per heavy atom. The fourth-order valence-corrected chi connectivity index (χ4v) is 4.37. The summed E-state index contributed by atoms with van der Waals surface area (Å²) < 4.78 is 39.7. The lowest BCUT2D eigenvalue weighted by Crippen LogP contribution is -2.29. The lowest BCUT2D eigenvalue weighted by atomic mass is 9.66. The molecule has 0 aliphatic carbocycles. The van der Waals surface area contributed by atoms with Crippen LogP contribution in [0.15, 0.2) is 109 Å². The summed E-state index contributed by atoms with van der Waals surface area (Å²) in [5, 5.41) is 12.8. The standard InChI is InChI=1S/C29H23F3N2/c30-29(31,32)25-14-12-23(13-15-25)28(20-7-21-33,22-8-3-1-4-9-22)24-16-18-27(19-17-24)34-26-10-5-2-6-11-26/h1-6,8-19,34H,7,20H2. The summed E-state index contributed by atoms with van der Waals surface area (Å²) >= 11 is 0. The normalized spacial score (nSPS) is 13.0. The van der Waals surface area contributed by atoms with Crippen LogP contribution in [0.25, 0.3) is 0 Å². The van der Waals surface area contributed by atoms with Crippen molar-refractivity contribution in [3.8, 4) is 6.07 Å². The third-order valence-corrected chi connectivity index (χ3v) is 6.02. The van der Waals surface area contributed by atoms with Crippen molar-refractivity contribution in [2.45, 2.75) is 24.4 Å². The van der Waals surface area contributed by atoms with Crippen molar-refractivity contribution in [3.05, 3.63) is 131 Å². The number of nitrogens with zero attached hydrogens (tertiary/aromatic N) is 1. The molecule has 0 heterocycles. The number of anilines is 2. The van der Waals surface area contributed by atoms with Gasteiger partial charge in [0.25, 0.3) is 0 Å². The minimum absolute atomic E-state index is 0.250. The second-order valence-electron chi connectivity index (χ2n) is 8.07. The van der Waals surface area contributed by atoms with Gasteiger partial charge in [0.05, 0.1) is 11.6 Å². The SMILES string of the molecule is N#CCCC(c1ccccc1)(c1ccc(Nc2ccccc2)cc1)c1ccc(C(F)(F)F)cc1. The van der Waals surface area contributed by atoms with E-state index in [1.54, 1.807) is 0 Å². The van der Waals surface area contributed by atoms with Gasteiger partial charge in [0.2, 0.25) is 0 Å². The quantitative estimate of drug-likeness (QED) is 0.285. The van der Waals surface area contributed by atoms with Crippen molar-refractivity contribution < 1.29 is 13.2 Å². The van der Waals surface area contributed by atoms with Crippen LogP contribution in [-0.2, 0) is 11.6 Å². The van der Waals surface area contributed by atoms with Crippen LogP contribution >= 0.6 is 0 Å². The minimum Gasteiger partial charge on any atom is -0.356 e. The number of hydrogen-bond donors (Lipinski definition) is 1. The second-order valence-corrected chi connectivity index (χ2v) is 8.07. The molecule has 1 atom stereocenters. The fourth-order valence-electron chi connectivity index (χ4n) is 4.37. The number of rotatable bonds is 7. The number of nitrogens with one attached hydrogen (secondary N) is 1. The fraction of sp³-hybridized carbons (Fsp3) is 0.138. The Bertz CT molecular complexity index is 1240. The average Bonchev–Trinajstić information content (AvgIpc) is 2.86. The third-order valence-electron chi connectivity index (χ3n) is 6.02. The molecule has 0 bridgehead atoms. The largest absolute Gasteiger partial charge is 0.416 e. The molecule has 0 aliphatic rings. The Hall–Kier alpha value is -4.04. The van der Waals surface area contributed by atoms with Crippen molar-refractivity contribution in [2.75, 3.05) is 5.32 Å². The predicted octanol–water partition coefficient (Wildman–Crippen LogP) is 8.09. The van der Waals surface area contributed by atoms with E-state index in [-0.39, 0.29) is 6.42 Å². The maximum absolute atomic E-state index is 13.2. The molecule has 1 unspecified atom stereocenters. The zero-order valence-corrected chi connectivity index (χ0v) is 18.4. The first-order valence-corrected chi connectivity index (χ1v) is 11.0. The number of nitriles is 1. The molecule has 1 N–H and O–H groups in total. The van der Waals surface area contributed by atoms with Crippen LogP contribution in [0.1, 0.15) is 35.1 Å². The summed E-state index contributed by atoms with van der Waals surface area (Å²) in [4.78, 5) is 0. The van der Waals surface area contributed by atoms with E-state index in [0.717, 1.165) is 34.6 Å². The van der Waals surface area contributed by atoms with Gasteiger partial charge in [-0.15, -0.1) is 0 Å². The van der Waals surface area contributed by atoms with E-state index in [9.17, 15) is 18.4 Å². The topological polar surface area (TPSA) is 35.8 Å². The Morgan fingerprint density at radius 3 is 1.56 bits per heavy atom. The van der Waals surface area contributed by atoms with Gasteiger partial charge in [0.1, 0.15) is 0 Å². The maximum Gasteiger partial charge on any atom is 0.416 e. The molecule has 0 saturated heterocycles. The van der Waals surface area contributed by atoms with Gasteiger partial charge < -0.3 is 5.32 Å². The van der Waals surface area contributed by atoms with Crippen LogP contribution in [0.4, 0.5) is 24.5 Å². The Balaban J connectivity index is 1.82. The van der Waals surface area contributed by atoms with Gasteiger partial charge in [0.15, 0.2) is 0 Å². The second kappa shape index (κ2) is 9.84. The van der Waals surface area contributed by atoms with E-state index in [1.165, 1.54) is 12.1 Å². The first kappa shape index (κ1) is 23.1. The molecule has 0 aliphatic heterocycles. The first-order chi connectivity index (χ1) is 16.4. The van der Waals surface area contributed by atoms with E-state index < -0.39 is 17.2 Å². The number of hydrogen-bond acceptors (Lipinski definition) is 2. The van der Waals surface area contributed by atoms with E-state index in [1.807, 2.05) is 84.9 Å². The van der Waals surface area contributed by atoms with Gasteiger partial charge in [-0.2, -0.15) is 18.4 Å². The Labute approximate surface area is 197 Å². The van der Waals surface area contributed by atoms with Gasteiger partial charge >= 0.3 is 6.18 Å². The smallest absolute Gasteiger partial charge is 0.356 e. The van der Waals surface area contributed by atoms with E-state index in [4.69, 9.17) is 0 Å². The maximum atomic E-state index is 13.2.